The van der Waals surface area contributed by atoms with Crippen molar-refractivity contribution in [3.8, 4) is 10.7 Å². The van der Waals surface area contributed by atoms with E-state index in [0.717, 1.165) is 16.3 Å². The number of pyridine rings is 1. The van der Waals surface area contributed by atoms with Crippen LogP contribution in [0.5, 0.6) is 0 Å². The minimum atomic E-state index is -0.110. The molecule has 0 saturated heterocycles. The molecular formula is C15H15N5OS2. The smallest absolute Gasteiger partial charge is 0.227 e. The van der Waals surface area contributed by atoms with Crippen molar-refractivity contribution in [2.24, 2.45) is 0 Å². The summed E-state index contributed by atoms with van der Waals surface area (Å²) in [5.41, 5.74) is 1.05. The van der Waals surface area contributed by atoms with Gasteiger partial charge in [-0.1, -0.05) is 12.1 Å². The van der Waals surface area contributed by atoms with E-state index >= 15 is 0 Å². The number of carbonyl (C=O) groups excluding carboxylic acids is 1. The van der Waals surface area contributed by atoms with Gasteiger partial charge in [0.2, 0.25) is 5.91 Å². The lowest BCUT2D eigenvalue weighted by atomic mass is 10.3. The van der Waals surface area contributed by atoms with E-state index in [-0.39, 0.29) is 5.91 Å². The predicted molar refractivity (Wildman–Crippen MR) is 92.9 cm³/mol. The molecule has 0 aromatic carbocycles. The Hall–Kier alpha value is -2.32. The summed E-state index contributed by atoms with van der Waals surface area (Å²) in [4.78, 5) is 17.3. The Labute approximate surface area is 142 Å². The zero-order valence-corrected chi connectivity index (χ0v) is 14.1. The monoisotopic (exact) mass is 345 g/mol. The lowest BCUT2D eigenvalue weighted by Crippen LogP contribution is -2.15. The van der Waals surface area contributed by atoms with E-state index in [4.69, 9.17) is 12.2 Å². The molecule has 2 N–H and O–H groups in total. The van der Waals surface area contributed by atoms with Crippen molar-refractivity contribution in [1.29, 1.82) is 0 Å². The summed E-state index contributed by atoms with van der Waals surface area (Å²) >= 11 is 6.83. The number of nitrogens with zero attached hydrogens (tertiary/aromatic N) is 3. The molecular weight excluding hydrogens is 330 g/mol. The number of H-pyrrole nitrogens is 1. The second kappa shape index (κ2) is 6.84. The van der Waals surface area contributed by atoms with E-state index in [9.17, 15) is 4.79 Å². The Morgan fingerprint density at radius 2 is 2.30 bits per heavy atom. The van der Waals surface area contributed by atoms with Crippen molar-refractivity contribution in [3.63, 3.8) is 0 Å². The topological polar surface area (TPSA) is 75.6 Å². The SMILES string of the molecule is Cc1ccc(NC(=O)CCn2c(-c3cccs3)n[nH]c2=S)nc1. The van der Waals surface area contributed by atoms with Crippen molar-refractivity contribution in [1.82, 2.24) is 19.7 Å². The lowest BCUT2D eigenvalue weighted by Gasteiger charge is -2.07. The van der Waals surface area contributed by atoms with Crippen molar-refractivity contribution >= 4 is 35.3 Å². The first kappa shape index (κ1) is 15.6. The second-order valence-corrected chi connectivity index (χ2v) is 6.33. The van der Waals surface area contributed by atoms with Crippen LogP contribution in [0.1, 0.15) is 12.0 Å². The molecule has 0 bridgehead atoms. The highest BCUT2D eigenvalue weighted by Crippen LogP contribution is 2.22. The fourth-order valence-electron chi connectivity index (χ4n) is 2.08. The number of hydrogen-bond donors (Lipinski definition) is 2. The molecule has 0 unspecified atom stereocenters. The van der Waals surface area contributed by atoms with Crippen LogP contribution in [0.25, 0.3) is 10.7 Å². The highest BCUT2D eigenvalue weighted by atomic mass is 32.1. The van der Waals surface area contributed by atoms with E-state index in [1.165, 1.54) is 0 Å². The third kappa shape index (κ3) is 3.72. The van der Waals surface area contributed by atoms with Crippen molar-refractivity contribution in [2.45, 2.75) is 19.9 Å². The molecule has 3 aromatic rings. The first-order valence-corrected chi connectivity index (χ1v) is 8.34. The fourth-order valence-corrected chi connectivity index (χ4v) is 3.02. The first-order valence-electron chi connectivity index (χ1n) is 7.05. The van der Waals surface area contributed by atoms with Gasteiger partial charge in [0, 0.05) is 19.2 Å². The van der Waals surface area contributed by atoms with E-state index in [2.05, 4.69) is 20.5 Å². The number of thiophene rings is 1. The van der Waals surface area contributed by atoms with Gasteiger partial charge >= 0.3 is 0 Å². The number of nitrogens with one attached hydrogen (secondary N) is 2. The molecule has 0 spiro atoms. The van der Waals surface area contributed by atoms with Gasteiger partial charge in [-0.3, -0.25) is 14.5 Å². The molecule has 6 nitrogen and oxygen atoms in total. The van der Waals surface area contributed by atoms with Crippen LogP contribution in [0, 0.1) is 11.7 Å². The standard InChI is InChI=1S/C15H15N5OS2/c1-10-4-5-12(16-9-10)17-13(21)6-7-20-14(18-19-15(20)22)11-3-2-8-23-11/h2-5,8-9H,6-7H2,1H3,(H,19,22)(H,16,17,21). The van der Waals surface area contributed by atoms with Gasteiger partial charge < -0.3 is 5.32 Å². The molecule has 0 aliphatic rings. The summed E-state index contributed by atoms with van der Waals surface area (Å²) in [7, 11) is 0. The van der Waals surface area contributed by atoms with Gasteiger partial charge in [0.25, 0.3) is 0 Å². The molecule has 8 heteroatoms. The zero-order valence-electron chi connectivity index (χ0n) is 12.4. The molecule has 23 heavy (non-hydrogen) atoms. The highest BCUT2D eigenvalue weighted by molar-refractivity contribution is 7.71. The third-order valence-electron chi connectivity index (χ3n) is 3.24. The number of rotatable bonds is 5. The average molecular weight is 345 g/mol. The molecule has 3 aromatic heterocycles. The molecule has 0 aliphatic carbocycles. The van der Waals surface area contributed by atoms with E-state index in [0.29, 0.717) is 23.6 Å². The summed E-state index contributed by atoms with van der Waals surface area (Å²) < 4.78 is 2.35. The van der Waals surface area contributed by atoms with Gasteiger partial charge in [-0.2, -0.15) is 5.10 Å². The number of carbonyl (C=O) groups is 1. The van der Waals surface area contributed by atoms with Crippen LogP contribution in [0.2, 0.25) is 0 Å². The molecule has 0 aliphatic heterocycles. The number of aromatic nitrogens is 4. The first-order chi connectivity index (χ1) is 11.1. The third-order valence-corrected chi connectivity index (χ3v) is 4.42. The number of hydrogen-bond acceptors (Lipinski definition) is 5. The van der Waals surface area contributed by atoms with Crippen LogP contribution < -0.4 is 5.32 Å². The highest BCUT2D eigenvalue weighted by Gasteiger charge is 2.11. The Bertz CT molecular complexity index is 849. The molecule has 1 amide bonds. The maximum absolute atomic E-state index is 12.1. The summed E-state index contributed by atoms with van der Waals surface area (Å²) in [5.74, 6) is 1.20. The average Bonchev–Trinajstić information content (AvgIpc) is 3.17. The largest absolute Gasteiger partial charge is 0.311 e. The Morgan fingerprint density at radius 3 is 3.00 bits per heavy atom. The summed E-state index contributed by atoms with van der Waals surface area (Å²) in [6.07, 6.45) is 2.01. The summed E-state index contributed by atoms with van der Waals surface area (Å²) in [6.45, 7) is 2.41. The molecule has 0 atom stereocenters. The summed E-state index contributed by atoms with van der Waals surface area (Å²) in [5, 5.41) is 11.8. The zero-order chi connectivity index (χ0) is 16.2. The quantitative estimate of drug-likeness (QED) is 0.695. The van der Waals surface area contributed by atoms with Crippen molar-refractivity contribution in [2.75, 3.05) is 5.32 Å². The minimum Gasteiger partial charge on any atom is -0.311 e. The van der Waals surface area contributed by atoms with E-state index in [1.54, 1.807) is 23.6 Å². The van der Waals surface area contributed by atoms with Gasteiger partial charge in [0.05, 0.1) is 4.88 Å². The maximum atomic E-state index is 12.1. The second-order valence-electron chi connectivity index (χ2n) is 5.00. The van der Waals surface area contributed by atoms with Crippen LogP contribution >= 0.6 is 23.6 Å². The normalized spacial score (nSPS) is 10.7. The lowest BCUT2D eigenvalue weighted by molar-refractivity contribution is -0.116. The predicted octanol–water partition coefficient (Wildman–Crippen LogP) is 3.40. The Balaban J connectivity index is 1.67. The van der Waals surface area contributed by atoms with Gasteiger partial charge in [-0.05, 0) is 42.2 Å². The molecule has 3 rings (SSSR count). The minimum absolute atomic E-state index is 0.110. The van der Waals surface area contributed by atoms with Crippen LogP contribution in [0.3, 0.4) is 0 Å². The number of amides is 1. The van der Waals surface area contributed by atoms with Crippen molar-refractivity contribution in [3.05, 3.63) is 46.2 Å². The molecule has 0 radical (unpaired) electrons. The molecule has 118 valence electrons. The molecule has 0 fully saturated rings. The van der Waals surface area contributed by atoms with Gasteiger partial charge in [0.1, 0.15) is 5.82 Å². The number of anilines is 1. The number of aryl methyl sites for hydroxylation is 1. The van der Waals surface area contributed by atoms with Crippen LogP contribution in [0.4, 0.5) is 5.82 Å². The number of aromatic amines is 1. The van der Waals surface area contributed by atoms with E-state index in [1.807, 2.05) is 35.1 Å². The van der Waals surface area contributed by atoms with Gasteiger partial charge in [-0.25, -0.2) is 4.98 Å². The molecule has 3 heterocycles. The van der Waals surface area contributed by atoms with Crippen LogP contribution in [0.15, 0.2) is 35.8 Å². The van der Waals surface area contributed by atoms with Gasteiger partial charge in [0.15, 0.2) is 10.6 Å². The Morgan fingerprint density at radius 1 is 1.43 bits per heavy atom. The van der Waals surface area contributed by atoms with E-state index < -0.39 is 0 Å². The Kier molecular flexibility index (Phi) is 4.63. The van der Waals surface area contributed by atoms with Crippen LogP contribution in [-0.2, 0) is 11.3 Å². The van der Waals surface area contributed by atoms with Crippen molar-refractivity contribution < 1.29 is 4.79 Å². The van der Waals surface area contributed by atoms with Crippen LogP contribution in [-0.4, -0.2) is 25.7 Å². The maximum Gasteiger partial charge on any atom is 0.227 e. The fraction of sp³-hybridized carbons (Fsp3) is 0.200. The molecule has 0 saturated carbocycles. The van der Waals surface area contributed by atoms with Gasteiger partial charge in [-0.15, -0.1) is 11.3 Å². The summed E-state index contributed by atoms with van der Waals surface area (Å²) in [6, 6.07) is 7.62.